The highest BCUT2D eigenvalue weighted by atomic mass is 16.5. The van der Waals surface area contributed by atoms with Crippen LogP contribution in [0.5, 0.6) is 6.01 Å². The molecule has 0 N–H and O–H groups in total. The van der Waals surface area contributed by atoms with Gasteiger partial charge in [-0.3, -0.25) is 0 Å². The van der Waals surface area contributed by atoms with E-state index in [2.05, 4.69) is 22.0 Å². The highest BCUT2D eigenvalue weighted by Gasteiger charge is 2.14. The normalized spacial score (nSPS) is 10.8. The van der Waals surface area contributed by atoms with Crippen molar-refractivity contribution in [3.05, 3.63) is 42.6 Å². The fourth-order valence-corrected chi connectivity index (χ4v) is 2.15. The first-order valence-corrected chi connectivity index (χ1v) is 7.43. The Kier molecular flexibility index (Phi) is 4.18. The molecule has 0 atom stereocenters. The first kappa shape index (κ1) is 14.3. The molecule has 3 aromatic rings. The van der Waals surface area contributed by atoms with E-state index >= 15 is 0 Å². The summed E-state index contributed by atoms with van der Waals surface area (Å²) in [7, 11) is 1.95. The van der Waals surface area contributed by atoms with Crippen LogP contribution in [-0.2, 0) is 0 Å². The number of hydrogen-bond donors (Lipinski definition) is 0. The standard InChI is InChI=1S/C16H19N5O/c1-3-4-12-22-15-18-14-10-11-17-21(14)16(19-15)20(2)13-8-6-5-7-9-13/h5-11H,3-4,12H2,1-2H3. The molecule has 0 aliphatic heterocycles. The number of hydrogen-bond acceptors (Lipinski definition) is 5. The Balaban J connectivity index is 1.98. The topological polar surface area (TPSA) is 55.5 Å². The van der Waals surface area contributed by atoms with Crippen molar-refractivity contribution in [1.82, 2.24) is 19.6 Å². The molecule has 0 saturated heterocycles. The largest absolute Gasteiger partial charge is 0.463 e. The maximum Gasteiger partial charge on any atom is 0.321 e. The second-order valence-electron chi connectivity index (χ2n) is 5.00. The quantitative estimate of drug-likeness (QED) is 0.654. The summed E-state index contributed by atoms with van der Waals surface area (Å²) in [4.78, 5) is 10.9. The molecule has 3 rings (SSSR count). The summed E-state index contributed by atoms with van der Waals surface area (Å²) in [5, 5.41) is 4.30. The summed E-state index contributed by atoms with van der Waals surface area (Å²) in [5.74, 6) is 0.674. The molecular formula is C16H19N5O. The van der Waals surface area contributed by atoms with E-state index in [9.17, 15) is 0 Å². The fourth-order valence-electron chi connectivity index (χ4n) is 2.15. The van der Waals surface area contributed by atoms with E-state index in [0.717, 1.165) is 24.2 Å². The van der Waals surface area contributed by atoms with Gasteiger partial charge in [0.1, 0.15) is 0 Å². The van der Waals surface area contributed by atoms with Gasteiger partial charge in [-0.25, -0.2) is 0 Å². The number of benzene rings is 1. The van der Waals surface area contributed by atoms with Crippen LogP contribution in [0.1, 0.15) is 19.8 Å². The van der Waals surface area contributed by atoms with Gasteiger partial charge in [0.2, 0.25) is 5.95 Å². The maximum absolute atomic E-state index is 5.66. The molecule has 6 heteroatoms. The van der Waals surface area contributed by atoms with Crippen LogP contribution < -0.4 is 9.64 Å². The highest BCUT2D eigenvalue weighted by molar-refractivity contribution is 5.58. The van der Waals surface area contributed by atoms with Gasteiger partial charge < -0.3 is 9.64 Å². The fraction of sp³-hybridized carbons (Fsp3) is 0.312. The van der Waals surface area contributed by atoms with Gasteiger partial charge in [-0.05, 0) is 18.6 Å². The lowest BCUT2D eigenvalue weighted by atomic mass is 10.3. The van der Waals surface area contributed by atoms with E-state index in [1.807, 2.05) is 48.3 Å². The summed E-state index contributed by atoms with van der Waals surface area (Å²) in [6.45, 7) is 2.74. The van der Waals surface area contributed by atoms with Crippen molar-refractivity contribution < 1.29 is 4.74 Å². The van der Waals surface area contributed by atoms with Gasteiger partial charge in [0.25, 0.3) is 0 Å². The van der Waals surface area contributed by atoms with Crippen LogP contribution in [0.3, 0.4) is 0 Å². The van der Waals surface area contributed by atoms with Crippen molar-refractivity contribution in [2.45, 2.75) is 19.8 Å². The first-order valence-electron chi connectivity index (χ1n) is 7.43. The van der Waals surface area contributed by atoms with E-state index in [0.29, 0.717) is 18.6 Å². The van der Waals surface area contributed by atoms with Crippen LogP contribution >= 0.6 is 0 Å². The number of anilines is 2. The Hall–Kier alpha value is -2.63. The smallest absolute Gasteiger partial charge is 0.321 e. The molecule has 0 spiro atoms. The minimum absolute atomic E-state index is 0.388. The number of para-hydroxylation sites is 1. The highest BCUT2D eigenvalue weighted by Crippen LogP contribution is 2.23. The van der Waals surface area contributed by atoms with E-state index in [4.69, 9.17) is 4.74 Å². The molecule has 0 unspecified atom stereocenters. The van der Waals surface area contributed by atoms with E-state index in [-0.39, 0.29) is 0 Å². The lowest BCUT2D eigenvalue weighted by molar-refractivity contribution is 0.285. The van der Waals surface area contributed by atoms with Crippen LogP contribution in [0.4, 0.5) is 11.6 Å². The first-order chi connectivity index (χ1) is 10.8. The molecular weight excluding hydrogens is 278 g/mol. The second-order valence-corrected chi connectivity index (χ2v) is 5.00. The van der Waals surface area contributed by atoms with Gasteiger partial charge in [0, 0.05) is 18.8 Å². The van der Waals surface area contributed by atoms with Crippen LogP contribution in [0.2, 0.25) is 0 Å². The Bertz CT molecular complexity index is 741. The van der Waals surface area contributed by atoms with Gasteiger partial charge in [-0.15, -0.1) is 0 Å². The molecule has 0 bridgehead atoms. The third-order valence-electron chi connectivity index (χ3n) is 3.39. The summed E-state index contributed by atoms with van der Waals surface area (Å²) < 4.78 is 7.37. The monoisotopic (exact) mass is 297 g/mol. The van der Waals surface area contributed by atoms with Crippen molar-refractivity contribution in [3.8, 4) is 6.01 Å². The summed E-state index contributed by atoms with van der Waals surface area (Å²) >= 11 is 0. The van der Waals surface area contributed by atoms with E-state index in [1.54, 1.807) is 10.7 Å². The Morgan fingerprint density at radius 3 is 2.73 bits per heavy atom. The number of rotatable bonds is 6. The number of nitrogens with zero attached hydrogens (tertiary/aromatic N) is 5. The van der Waals surface area contributed by atoms with Crippen molar-refractivity contribution >= 4 is 17.3 Å². The Morgan fingerprint density at radius 2 is 1.95 bits per heavy atom. The molecule has 0 fully saturated rings. The van der Waals surface area contributed by atoms with Crippen molar-refractivity contribution in [3.63, 3.8) is 0 Å². The van der Waals surface area contributed by atoms with E-state index < -0.39 is 0 Å². The average Bonchev–Trinajstić information content (AvgIpc) is 3.03. The minimum atomic E-state index is 0.388. The third-order valence-corrected chi connectivity index (χ3v) is 3.39. The molecule has 0 amide bonds. The van der Waals surface area contributed by atoms with Crippen LogP contribution in [0, 0.1) is 0 Å². The zero-order valence-corrected chi connectivity index (χ0v) is 12.8. The zero-order valence-electron chi connectivity index (χ0n) is 12.8. The van der Waals surface area contributed by atoms with Gasteiger partial charge in [0.05, 0.1) is 12.8 Å². The minimum Gasteiger partial charge on any atom is -0.463 e. The van der Waals surface area contributed by atoms with Crippen LogP contribution in [0.15, 0.2) is 42.6 Å². The van der Waals surface area contributed by atoms with Gasteiger partial charge in [0.15, 0.2) is 5.65 Å². The molecule has 1 aromatic carbocycles. The molecule has 0 aliphatic carbocycles. The summed E-state index contributed by atoms with van der Waals surface area (Å²) in [5.41, 5.74) is 1.75. The molecule has 0 radical (unpaired) electrons. The lowest BCUT2D eigenvalue weighted by Gasteiger charge is -2.19. The zero-order chi connectivity index (χ0) is 15.4. The second kappa shape index (κ2) is 6.43. The SMILES string of the molecule is CCCCOc1nc(N(C)c2ccccc2)n2nccc2n1. The molecule has 2 aromatic heterocycles. The van der Waals surface area contributed by atoms with Crippen molar-refractivity contribution in [2.75, 3.05) is 18.6 Å². The van der Waals surface area contributed by atoms with Gasteiger partial charge >= 0.3 is 6.01 Å². The molecule has 22 heavy (non-hydrogen) atoms. The summed E-state index contributed by atoms with van der Waals surface area (Å²) in [6, 6.07) is 12.2. The average molecular weight is 297 g/mol. The van der Waals surface area contributed by atoms with Gasteiger partial charge in [-0.1, -0.05) is 31.5 Å². The van der Waals surface area contributed by atoms with Crippen LogP contribution in [0.25, 0.3) is 5.65 Å². The Labute approximate surface area is 129 Å². The third kappa shape index (κ3) is 2.86. The van der Waals surface area contributed by atoms with Gasteiger partial charge in [-0.2, -0.15) is 19.6 Å². The van der Waals surface area contributed by atoms with E-state index in [1.165, 1.54) is 0 Å². The summed E-state index contributed by atoms with van der Waals surface area (Å²) in [6.07, 6.45) is 3.77. The maximum atomic E-state index is 5.66. The lowest BCUT2D eigenvalue weighted by Crippen LogP contribution is -2.17. The number of ether oxygens (including phenoxy) is 1. The number of fused-ring (bicyclic) bond motifs is 1. The predicted octanol–water partition coefficient (Wildman–Crippen LogP) is 3.07. The van der Waals surface area contributed by atoms with Crippen molar-refractivity contribution in [2.24, 2.45) is 0 Å². The van der Waals surface area contributed by atoms with Crippen LogP contribution in [-0.4, -0.2) is 33.2 Å². The molecule has 114 valence electrons. The molecule has 2 heterocycles. The number of unbranched alkanes of at least 4 members (excludes halogenated alkanes) is 1. The molecule has 0 aliphatic rings. The number of aromatic nitrogens is 4. The molecule has 6 nitrogen and oxygen atoms in total. The molecule has 0 saturated carbocycles. The predicted molar refractivity (Wildman–Crippen MR) is 85.7 cm³/mol. The van der Waals surface area contributed by atoms with Crippen molar-refractivity contribution in [1.29, 1.82) is 0 Å². The Morgan fingerprint density at radius 1 is 1.14 bits per heavy atom.